The van der Waals surface area contributed by atoms with Gasteiger partial charge in [-0.25, -0.2) is 15.0 Å². The summed E-state index contributed by atoms with van der Waals surface area (Å²) in [4.78, 5) is 18.2. The number of rotatable bonds is 6. The van der Waals surface area contributed by atoms with E-state index in [4.69, 9.17) is 15.0 Å². The molecule has 5 nitrogen and oxygen atoms in total. The Bertz CT molecular complexity index is 3740. The molecule has 0 bridgehead atoms. The molecule has 0 fully saturated rings. The molecule has 1 aliphatic rings. The SMILES string of the molecule is c1ccc(-c2ccc(-c3nc(-c4ccc5c(c4)Sc4cccc6c7c8ccccc8n(-c8ccccc8)c7n-5c46)nc(-c4ccc(-c5ccccc5)c5ccccc45)n3)cc2)cc1. The zero-order chi connectivity index (χ0) is 41.4. The van der Waals surface area contributed by atoms with E-state index in [2.05, 4.69) is 215 Å². The number of aromatic nitrogens is 5. The maximum atomic E-state index is 5.33. The van der Waals surface area contributed by atoms with Crippen LogP contribution in [0.25, 0.3) is 111 Å². The molecular formula is C57H35N5S. The van der Waals surface area contributed by atoms with Gasteiger partial charge < -0.3 is 0 Å². The number of hydrogen-bond donors (Lipinski definition) is 0. The van der Waals surface area contributed by atoms with E-state index in [9.17, 15) is 0 Å². The lowest BCUT2D eigenvalue weighted by molar-refractivity contribution is 1.02. The molecule has 294 valence electrons. The van der Waals surface area contributed by atoms with E-state index in [1.54, 1.807) is 0 Å². The van der Waals surface area contributed by atoms with Crippen LogP contribution in [0, 0.1) is 0 Å². The quantitative estimate of drug-likeness (QED) is 0.168. The van der Waals surface area contributed by atoms with Gasteiger partial charge in [-0.2, -0.15) is 0 Å². The number of benzene rings is 9. The van der Waals surface area contributed by atoms with Gasteiger partial charge >= 0.3 is 0 Å². The van der Waals surface area contributed by atoms with Gasteiger partial charge in [0, 0.05) is 48.3 Å². The second-order valence-electron chi connectivity index (χ2n) is 16.0. The van der Waals surface area contributed by atoms with Crippen molar-refractivity contribution in [3.63, 3.8) is 0 Å². The van der Waals surface area contributed by atoms with Gasteiger partial charge in [0.2, 0.25) is 0 Å². The first-order valence-corrected chi connectivity index (χ1v) is 22.0. The van der Waals surface area contributed by atoms with Gasteiger partial charge in [-0.05, 0) is 81.6 Å². The smallest absolute Gasteiger partial charge is 0.164 e. The van der Waals surface area contributed by atoms with E-state index in [1.165, 1.54) is 48.8 Å². The first-order chi connectivity index (χ1) is 31.2. The Balaban J connectivity index is 1.01. The van der Waals surface area contributed by atoms with Crippen LogP contribution in [0.2, 0.25) is 0 Å². The lowest BCUT2D eigenvalue weighted by Gasteiger charge is -2.22. The molecule has 0 N–H and O–H groups in total. The van der Waals surface area contributed by atoms with Crippen molar-refractivity contribution in [1.82, 2.24) is 24.1 Å². The Morgan fingerprint density at radius 3 is 1.67 bits per heavy atom. The Morgan fingerprint density at radius 1 is 0.349 bits per heavy atom. The van der Waals surface area contributed by atoms with Crippen molar-refractivity contribution in [1.29, 1.82) is 0 Å². The van der Waals surface area contributed by atoms with E-state index in [0.717, 1.165) is 54.9 Å². The summed E-state index contributed by atoms with van der Waals surface area (Å²) in [5.41, 5.74) is 13.3. The van der Waals surface area contributed by atoms with Crippen molar-refractivity contribution >= 4 is 55.4 Å². The topological polar surface area (TPSA) is 48.5 Å². The average Bonchev–Trinajstić information content (AvgIpc) is 3.88. The summed E-state index contributed by atoms with van der Waals surface area (Å²) < 4.78 is 4.89. The Hall–Kier alpha value is -8.06. The fraction of sp³-hybridized carbons (Fsp3) is 0. The standard InChI is InChI=1S/C57H35N5S/c1-4-15-36(16-5-1)37-27-29-39(30-28-37)54-58-55(60-56(59-54)45-33-32-42(38-17-6-2-7-18-38)43-21-10-11-22-44(43)45)40-31-34-49-51(35-40)63-50-26-14-24-47-52-46-23-12-13-25-48(46)61(41-19-8-3-9-20-41)57(52)62(49)53(47)50/h1-35H. The summed E-state index contributed by atoms with van der Waals surface area (Å²) in [5.74, 6) is 1.89. The minimum atomic E-state index is 0.627. The zero-order valence-electron chi connectivity index (χ0n) is 33.9. The highest BCUT2D eigenvalue weighted by Gasteiger charge is 2.28. The highest BCUT2D eigenvalue weighted by atomic mass is 32.2. The number of para-hydroxylation sites is 3. The molecular weight excluding hydrogens is 787 g/mol. The first-order valence-electron chi connectivity index (χ1n) is 21.2. The second-order valence-corrected chi connectivity index (χ2v) is 17.1. The Labute approximate surface area is 367 Å². The second kappa shape index (κ2) is 14.3. The highest BCUT2D eigenvalue weighted by Crippen LogP contribution is 2.50. The normalized spacial score (nSPS) is 12.1. The fourth-order valence-electron chi connectivity index (χ4n) is 9.52. The van der Waals surface area contributed by atoms with Gasteiger partial charge in [-0.3, -0.25) is 9.13 Å². The third-order valence-corrected chi connectivity index (χ3v) is 13.5. The first kappa shape index (κ1) is 35.7. The third kappa shape index (κ3) is 5.69. The minimum absolute atomic E-state index is 0.627. The summed E-state index contributed by atoms with van der Waals surface area (Å²) in [7, 11) is 0. The summed E-state index contributed by atoms with van der Waals surface area (Å²) in [6, 6.07) is 75.4. The summed E-state index contributed by atoms with van der Waals surface area (Å²) in [6.07, 6.45) is 0. The molecule has 0 radical (unpaired) electrons. The van der Waals surface area contributed by atoms with Crippen LogP contribution in [0.15, 0.2) is 222 Å². The van der Waals surface area contributed by atoms with Crippen LogP contribution >= 0.6 is 11.8 Å². The Kier molecular flexibility index (Phi) is 8.08. The molecule has 0 aliphatic carbocycles. The van der Waals surface area contributed by atoms with E-state index in [-0.39, 0.29) is 0 Å². The molecule has 9 aromatic carbocycles. The molecule has 63 heavy (non-hydrogen) atoms. The van der Waals surface area contributed by atoms with Crippen LogP contribution in [0.1, 0.15) is 0 Å². The molecule has 3 aromatic heterocycles. The lowest BCUT2D eigenvalue weighted by atomic mass is 9.94. The molecule has 1 aliphatic heterocycles. The van der Waals surface area contributed by atoms with Crippen molar-refractivity contribution in [2.24, 2.45) is 0 Å². The molecule has 0 saturated heterocycles. The molecule has 4 heterocycles. The van der Waals surface area contributed by atoms with E-state index in [1.807, 2.05) is 17.8 Å². The van der Waals surface area contributed by atoms with Crippen molar-refractivity contribution in [3.8, 4) is 67.8 Å². The van der Waals surface area contributed by atoms with E-state index in [0.29, 0.717) is 17.5 Å². The Morgan fingerprint density at radius 2 is 0.905 bits per heavy atom. The van der Waals surface area contributed by atoms with Crippen molar-refractivity contribution < 1.29 is 0 Å². The highest BCUT2D eigenvalue weighted by molar-refractivity contribution is 7.99. The number of hydrogen-bond acceptors (Lipinski definition) is 4. The summed E-state index contributed by atoms with van der Waals surface area (Å²) in [6.45, 7) is 0. The molecule has 0 amide bonds. The van der Waals surface area contributed by atoms with Crippen molar-refractivity contribution in [2.45, 2.75) is 9.79 Å². The zero-order valence-corrected chi connectivity index (χ0v) is 34.7. The maximum Gasteiger partial charge on any atom is 0.164 e. The van der Waals surface area contributed by atoms with Crippen LogP contribution in [-0.2, 0) is 0 Å². The number of fused-ring (bicyclic) bond motifs is 8. The minimum Gasteiger partial charge on any atom is -0.295 e. The van der Waals surface area contributed by atoms with Gasteiger partial charge in [-0.15, -0.1) is 0 Å². The van der Waals surface area contributed by atoms with Gasteiger partial charge in [0.15, 0.2) is 17.5 Å². The molecule has 13 rings (SSSR count). The average molecular weight is 822 g/mol. The molecule has 0 saturated carbocycles. The van der Waals surface area contributed by atoms with E-state index < -0.39 is 0 Å². The van der Waals surface area contributed by atoms with E-state index >= 15 is 0 Å². The van der Waals surface area contributed by atoms with Crippen LogP contribution < -0.4 is 0 Å². The molecule has 0 unspecified atom stereocenters. The van der Waals surface area contributed by atoms with Gasteiger partial charge in [0.1, 0.15) is 5.65 Å². The van der Waals surface area contributed by atoms with Crippen LogP contribution in [0.4, 0.5) is 0 Å². The molecule has 12 aromatic rings. The number of nitrogens with zero attached hydrogens (tertiary/aromatic N) is 5. The monoisotopic (exact) mass is 821 g/mol. The fourth-order valence-corrected chi connectivity index (χ4v) is 10.6. The van der Waals surface area contributed by atoms with Crippen LogP contribution in [-0.4, -0.2) is 24.1 Å². The van der Waals surface area contributed by atoms with Crippen LogP contribution in [0.3, 0.4) is 0 Å². The molecule has 0 spiro atoms. The van der Waals surface area contributed by atoms with Crippen LogP contribution in [0.5, 0.6) is 0 Å². The third-order valence-electron chi connectivity index (χ3n) is 12.4. The lowest BCUT2D eigenvalue weighted by Crippen LogP contribution is -2.06. The maximum absolute atomic E-state index is 5.33. The van der Waals surface area contributed by atoms with Crippen molar-refractivity contribution in [3.05, 3.63) is 212 Å². The van der Waals surface area contributed by atoms with Gasteiger partial charge in [0.25, 0.3) is 0 Å². The van der Waals surface area contributed by atoms with Gasteiger partial charge in [-0.1, -0.05) is 176 Å². The predicted molar refractivity (Wildman–Crippen MR) is 260 cm³/mol. The molecule has 0 atom stereocenters. The van der Waals surface area contributed by atoms with Gasteiger partial charge in [0.05, 0.1) is 16.7 Å². The predicted octanol–water partition coefficient (Wildman–Crippen LogP) is 14.9. The summed E-state index contributed by atoms with van der Waals surface area (Å²) in [5, 5.41) is 6.01. The summed E-state index contributed by atoms with van der Waals surface area (Å²) >= 11 is 1.81. The molecule has 6 heteroatoms. The van der Waals surface area contributed by atoms with Crippen molar-refractivity contribution in [2.75, 3.05) is 0 Å². The largest absolute Gasteiger partial charge is 0.295 e.